The third-order valence-electron chi connectivity index (χ3n) is 5.49. The lowest BCUT2D eigenvalue weighted by atomic mass is 10.1. The normalized spacial score (nSPS) is 16.3. The SMILES string of the molecule is Cc1nn(Cc2ccc(F)cc2)c2sc(C(=O)Nc3ccnn3CC3CCOC3)cc12. The molecule has 1 aliphatic heterocycles. The van der Waals surface area contributed by atoms with E-state index in [1.807, 2.05) is 28.4 Å². The van der Waals surface area contributed by atoms with Crippen LogP contribution in [-0.2, 0) is 17.8 Å². The Bertz CT molecular complexity index is 1220. The largest absolute Gasteiger partial charge is 0.381 e. The molecule has 9 heteroatoms. The standard InChI is InChI=1S/C22H22FN5O2S/c1-14-18-10-19(31-22(18)28(26-14)11-15-2-4-17(23)5-3-15)21(29)25-20-6-8-24-27(20)12-16-7-9-30-13-16/h2-6,8,10,16H,7,9,11-13H2,1H3,(H,25,29). The van der Waals surface area contributed by atoms with Crippen LogP contribution in [0.5, 0.6) is 0 Å². The minimum atomic E-state index is -0.264. The van der Waals surface area contributed by atoms with Crippen LogP contribution in [0.2, 0.25) is 0 Å². The molecule has 1 aromatic carbocycles. The second-order valence-electron chi connectivity index (χ2n) is 7.78. The monoisotopic (exact) mass is 439 g/mol. The van der Waals surface area contributed by atoms with E-state index >= 15 is 0 Å². The molecule has 0 spiro atoms. The molecule has 31 heavy (non-hydrogen) atoms. The number of thiophene rings is 1. The van der Waals surface area contributed by atoms with Gasteiger partial charge in [-0.15, -0.1) is 11.3 Å². The predicted molar refractivity (Wildman–Crippen MR) is 117 cm³/mol. The molecule has 1 N–H and O–H groups in total. The summed E-state index contributed by atoms with van der Waals surface area (Å²) in [5.41, 5.74) is 1.81. The molecule has 0 bridgehead atoms. The Morgan fingerprint density at radius 1 is 1.29 bits per heavy atom. The van der Waals surface area contributed by atoms with Crippen LogP contribution in [0.1, 0.15) is 27.3 Å². The highest BCUT2D eigenvalue weighted by Gasteiger charge is 2.20. The summed E-state index contributed by atoms with van der Waals surface area (Å²) in [7, 11) is 0. The number of halogens is 1. The number of carbonyl (C=O) groups is 1. The molecule has 1 aliphatic rings. The van der Waals surface area contributed by atoms with Crippen molar-refractivity contribution in [2.75, 3.05) is 18.5 Å². The van der Waals surface area contributed by atoms with Crippen LogP contribution in [0.4, 0.5) is 10.2 Å². The number of nitrogens with one attached hydrogen (secondary N) is 1. The zero-order chi connectivity index (χ0) is 21.4. The number of nitrogens with zero attached hydrogens (tertiary/aromatic N) is 4. The minimum Gasteiger partial charge on any atom is -0.381 e. The van der Waals surface area contributed by atoms with Crippen molar-refractivity contribution < 1.29 is 13.9 Å². The van der Waals surface area contributed by atoms with Crippen LogP contribution in [0.15, 0.2) is 42.6 Å². The van der Waals surface area contributed by atoms with Crippen LogP contribution in [-0.4, -0.2) is 38.7 Å². The molecule has 160 valence electrons. The van der Waals surface area contributed by atoms with Gasteiger partial charge in [-0.25, -0.2) is 9.07 Å². The van der Waals surface area contributed by atoms with Gasteiger partial charge in [0, 0.05) is 30.5 Å². The maximum Gasteiger partial charge on any atom is 0.266 e. The molecule has 1 amide bonds. The Balaban J connectivity index is 1.35. The molecule has 4 aromatic rings. The van der Waals surface area contributed by atoms with Crippen molar-refractivity contribution in [3.05, 3.63) is 64.5 Å². The molecular weight excluding hydrogens is 417 g/mol. The van der Waals surface area contributed by atoms with Crippen molar-refractivity contribution in [2.45, 2.75) is 26.4 Å². The smallest absolute Gasteiger partial charge is 0.266 e. The second-order valence-corrected chi connectivity index (χ2v) is 8.81. The van der Waals surface area contributed by atoms with E-state index in [1.54, 1.807) is 18.3 Å². The van der Waals surface area contributed by atoms with Crippen LogP contribution in [0.3, 0.4) is 0 Å². The van der Waals surface area contributed by atoms with Crippen molar-refractivity contribution in [2.24, 2.45) is 5.92 Å². The van der Waals surface area contributed by atoms with Crippen LogP contribution in [0.25, 0.3) is 10.2 Å². The fourth-order valence-electron chi connectivity index (χ4n) is 3.83. The highest BCUT2D eigenvalue weighted by molar-refractivity contribution is 7.20. The highest BCUT2D eigenvalue weighted by atomic mass is 32.1. The van der Waals surface area contributed by atoms with Gasteiger partial charge < -0.3 is 10.1 Å². The van der Waals surface area contributed by atoms with Gasteiger partial charge in [0.25, 0.3) is 5.91 Å². The Morgan fingerprint density at radius 3 is 2.90 bits per heavy atom. The number of aromatic nitrogens is 4. The molecule has 1 fully saturated rings. The molecule has 5 rings (SSSR count). The Morgan fingerprint density at radius 2 is 2.13 bits per heavy atom. The van der Waals surface area contributed by atoms with Gasteiger partial charge in [0.1, 0.15) is 16.5 Å². The maximum atomic E-state index is 13.2. The fourth-order valence-corrected chi connectivity index (χ4v) is 4.88. The zero-order valence-electron chi connectivity index (χ0n) is 17.0. The molecule has 3 aromatic heterocycles. The van der Waals surface area contributed by atoms with Gasteiger partial charge in [0.15, 0.2) is 0 Å². The molecule has 4 heterocycles. The van der Waals surface area contributed by atoms with Crippen molar-refractivity contribution in [1.29, 1.82) is 0 Å². The maximum absolute atomic E-state index is 13.2. The van der Waals surface area contributed by atoms with Gasteiger partial charge in [-0.1, -0.05) is 12.1 Å². The van der Waals surface area contributed by atoms with Crippen molar-refractivity contribution in [1.82, 2.24) is 19.6 Å². The number of hydrogen-bond acceptors (Lipinski definition) is 5. The van der Waals surface area contributed by atoms with Crippen LogP contribution in [0, 0.1) is 18.7 Å². The van der Waals surface area contributed by atoms with E-state index in [4.69, 9.17) is 4.74 Å². The summed E-state index contributed by atoms with van der Waals surface area (Å²) in [4.78, 5) is 14.5. The summed E-state index contributed by atoms with van der Waals surface area (Å²) >= 11 is 1.40. The molecule has 1 unspecified atom stereocenters. The summed E-state index contributed by atoms with van der Waals surface area (Å²) < 4.78 is 22.3. The summed E-state index contributed by atoms with van der Waals surface area (Å²) in [5, 5.41) is 12.9. The highest BCUT2D eigenvalue weighted by Crippen LogP contribution is 2.29. The van der Waals surface area contributed by atoms with E-state index in [1.165, 1.54) is 23.5 Å². The zero-order valence-corrected chi connectivity index (χ0v) is 17.9. The molecule has 7 nitrogen and oxygen atoms in total. The quantitative estimate of drug-likeness (QED) is 0.491. The van der Waals surface area contributed by atoms with Gasteiger partial charge >= 0.3 is 0 Å². The first-order chi connectivity index (χ1) is 15.1. The van der Waals surface area contributed by atoms with E-state index in [2.05, 4.69) is 15.5 Å². The van der Waals surface area contributed by atoms with Gasteiger partial charge in [-0.2, -0.15) is 10.2 Å². The van der Waals surface area contributed by atoms with E-state index in [-0.39, 0.29) is 11.7 Å². The summed E-state index contributed by atoms with van der Waals surface area (Å²) in [6, 6.07) is 10.1. The second kappa shape index (κ2) is 8.24. The topological polar surface area (TPSA) is 74.0 Å². The van der Waals surface area contributed by atoms with Crippen molar-refractivity contribution in [3.63, 3.8) is 0 Å². The number of ether oxygens (including phenoxy) is 1. The average molecular weight is 440 g/mol. The Kier molecular flexibility index (Phi) is 5.29. The summed E-state index contributed by atoms with van der Waals surface area (Å²) in [6.07, 6.45) is 2.70. The molecular formula is C22H22FN5O2S. The van der Waals surface area contributed by atoms with E-state index in [9.17, 15) is 9.18 Å². The molecule has 0 saturated carbocycles. The lowest BCUT2D eigenvalue weighted by Gasteiger charge is -2.11. The third-order valence-corrected chi connectivity index (χ3v) is 6.64. The first-order valence-corrected chi connectivity index (χ1v) is 11.0. The number of carbonyl (C=O) groups excluding carboxylic acids is 1. The van der Waals surface area contributed by atoms with Crippen molar-refractivity contribution in [3.8, 4) is 0 Å². The fraction of sp³-hybridized carbons (Fsp3) is 0.318. The first kappa shape index (κ1) is 19.9. The lowest BCUT2D eigenvalue weighted by Crippen LogP contribution is -2.18. The number of aryl methyl sites for hydroxylation is 1. The number of rotatable bonds is 6. The van der Waals surface area contributed by atoms with Gasteiger partial charge in [0.2, 0.25) is 0 Å². The number of benzene rings is 1. The lowest BCUT2D eigenvalue weighted by molar-refractivity contribution is 0.102. The summed E-state index contributed by atoms with van der Waals surface area (Å²) in [6.45, 7) is 4.68. The molecule has 1 atom stereocenters. The Labute approximate surface area is 182 Å². The molecule has 1 saturated heterocycles. The first-order valence-electron chi connectivity index (χ1n) is 10.2. The number of anilines is 1. The average Bonchev–Trinajstić information content (AvgIpc) is 3.53. The van der Waals surface area contributed by atoms with Gasteiger partial charge in [-0.3, -0.25) is 9.48 Å². The predicted octanol–water partition coefficient (Wildman–Crippen LogP) is 4.08. The molecule has 0 radical (unpaired) electrons. The van der Waals surface area contributed by atoms with Gasteiger partial charge in [-0.05, 0) is 37.1 Å². The molecule has 0 aliphatic carbocycles. The van der Waals surface area contributed by atoms with Crippen LogP contribution >= 0.6 is 11.3 Å². The number of fused-ring (bicyclic) bond motifs is 1. The minimum absolute atomic E-state index is 0.168. The number of hydrogen-bond donors (Lipinski definition) is 1. The van der Waals surface area contributed by atoms with E-state index in [0.29, 0.717) is 23.2 Å². The third kappa shape index (κ3) is 4.11. The van der Waals surface area contributed by atoms with Crippen LogP contribution < -0.4 is 5.32 Å². The summed E-state index contributed by atoms with van der Waals surface area (Å²) in [5.74, 6) is 0.665. The van der Waals surface area contributed by atoms with E-state index in [0.717, 1.165) is 47.7 Å². The van der Waals surface area contributed by atoms with E-state index < -0.39 is 0 Å². The number of amides is 1. The Hall–Kier alpha value is -3.04. The van der Waals surface area contributed by atoms with Gasteiger partial charge in [0.05, 0.1) is 29.9 Å². The van der Waals surface area contributed by atoms with Crippen molar-refractivity contribution >= 4 is 33.3 Å².